The molecule has 2 aliphatic heterocycles. The van der Waals surface area contributed by atoms with Gasteiger partial charge in [-0.2, -0.15) is 0 Å². The predicted molar refractivity (Wildman–Crippen MR) is 217 cm³/mol. The van der Waals surface area contributed by atoms with Crippen molar-refractivity contribution in [1.29, 1.82) is 0 Å². The Bertz CT molecular complexity index is 1870. The highest BCUT2D eigenvalue weighted by molar-refractivity contribution is 5.17. The molecule has 2 saturated heterocycles. The van der Waals surface area contributed by atoms with E-state index in [1.165, 1.54) is 0 Å². The number of rotatable bonds is 19. The lowest BCUT2D eigenvalue weighted by Gasteiger charge is -2.46. The van der Waals surface area contributed by atoms with Gasteiger partial charge in [-0.05, 0) is 34.7 Å². The van der Waals surface area contributed by atoms with Crippen molar-refractivity contribution < 1.29 is 47.7 Å². The maximum atomic E-state index is 12.0. The van der Waals surface area contributed by atoms with E-state index in [1.54, 1.807) is 7.11 Å². The molecular weight excluding hydrogens is 737 g/mol. The Kier molecular flexibility index (Phi) is 15.6. The smallest absolute Gasteiger partial charge is 0.186 e. The van der Waals surface area contributed by atoms with E-state index in [2.05, 4.69) is 0 Å². The summed E-state index contributed by atoms with van der Waals surface area (Å²) in [7, 11) is 1.55. The summed E-state index contributed by atoms with van der Waals surface area (Å²) in [4.78, 5) is 0. The summed E-state index contributed by atoms with van der Waals surface area (Å²) in [6.07, 6.45) is -7.63. The zero-order valence-electron chi connectivity index (χ0n) is 33.1. The number of aliphatic hydroxyl groups excluding tert-OH is 1. The molecule has 10 nitrogen and oxygen atoms in total. The molecular formula is C48H54O10. The standard InChI is InChI=1S/C48H54O10/c1-34-42(51-28-35-18-8-3-9-19-35)44(53-30-37-22-12-5-13-23-37)46(55-32-39-26-16-7-17-27-39)48(57-34)56-33-40-41(49)43(52-29-36-20-10-4-11-21-36)45(47(50-2)58-40)54-31-38-24-14-6-15-25-38/h3-27,34,40-49H,28-33H2,1-2H3/t34-,40+,41+,42-,43-,44+,45+,46+,47-,48-/m0/s1. The fourth-order valence-corrected chi connectivity index (χ4v) is 7.31. The molecule has 5 aromatic carbocycles. The molecule has 0 saturated carbocycles. The summed E-state index contributed by atoms with van der Waals surface area (Å²) < 4.78 is 58.3. The lowest BCUT2D eigenvalue weighted by molar-refractivity contribution is -0.344. The molecule has 0 unspecified atom stereocenters. The first-order valence-corrected chi connectivity index (χ1v) is 20.0. The van der Waals surface area contributed by atoms with Crippen LogP contribution in [0.25, 0.3) is 0 Å². The maximum absolute atomic E-state index is 12.0. The highest BCUT2D eigenvalue weighted by Crippen LogP contribution is 2.33. The van der Waals surface area contributed by atoms with Gasteiger partial charge in [-0.25, -0.2) is 0 Å². The third-order valence-corrected chi connectivity index (χ3v) is 10.4. The zero-order valence-corrected chi connectivity index (χ0v) is 33.1. The van der Waals surface area contributed by atoms with Crippen molar-refractivity contribution in [2.75, 3.05) is 13.7 Å². The van der Waals surface area contributed by atoms with E-state index in [9.17, 15) is 5.11 Å². The van der Waals surface area contributed by atoms with Crippen LogP contribution in [0.5, 0.6) is 0 Å². The van der Waals surface area contributed by atoms with Crippen molar-refractivity contribution in [3.63, 3.8) is 0 Å². The van der Waals surface area contributed by atoms with Crippen molar-refractivity contribution in [2.45, 2.75) is 101 Å². The van der Waals surface area contributed by atoms with Gasteiger partial charge in [0.15, 0.2) is 12.6 Å². The molecule has 0 radical (unpaired) electrons. The average molecular weight is 791 g/mol. The number of hydrogen-bond donors (Lipinski definition) is 1. The Balaban J connectivity index is 1.12. The van der Waals surface area contributed by atoms with E-state index in [0.29, 0.717) is 13.2 Å². The van der Waals surface area contributed by atoms with Crippen molar-refractivity contribution in [3.05, 3.63) is 179 Å². The van der Waals surface area contributed by atoms with E-state index in [4.69, 9.17) is 42.6 Å². The molecule has 0 amide bonds. The summed E-state index contributed by atoms with van der Waals surface area (Å²) in [6.45, 7) is 3.38. The van der Waals surface area contributed by atoms with Crippen LogP contribution in [0.15, 0.2) is 152 Å². The van der Waals surface area contributed by atoms with Crippen LogP contribution in [0.4, 0.5) is 0 Å². The Hall–Kier alpha value is -4.30. The van der Waals surface area contributed by atoms with E-state index in [-0.39, 0.29) is 26.4 Å². The minimum Gasteiger partial charge on any atom is -0.387 e. The van der Waals surface area contributed by atoms with Crippen LogP contribution < -0.4 is 0 Å². The lowest BCUT2D eigenvalue weighted by Crippen LogP contribution is -2.62. The maximum Gasteiger partial charge on any atom is 0.186 e. The number of benzene rings is 5. The van der Waals surface area contributed by atoms with Gasteiger partial charge in [-0.3, -0.25) is 0 Å². The topological polar surface area (TPSA) is 103 Å². The molecule has 58 heavy (non-hydrogen) atoms. The molecule has 7 rings (SSSR count). The van der Waals surface area contributed by atoms with Crippen LogP contribution >= 0.6 is 0 Å². The van der Waals surface area contributed by atoms with Gasteiger partial charge in [0.1, 0.15) is 42.7 Å². The molecule has 2 fully saturated rings. The van der Waals surface area contributed by atoms with Crippen LogP contribution in [0.2, 0.25) is 0 Å². The fourth-order valence-electron chi connectivity index (χ4n) is 7.31. The van der Waals surface area contributed by atoms with E-state index in [0.717, 1.165) is 27.8 Å². The minimum absolute atomic E-state index is 0.0683. The van der Waals surface area contributed by atoms with Crippen molar-refractivity contribution in [1.82, 2.24) is 0 Å². The highest BCUT2D eigenvalue weighted by atomic mass is 16.7. The molecule has 10 atom stereocenters. The molecule has 2 heterocycles. The number of ether oxygens (including phenoxy) is 9. The SMILES string of the molecule is CO[C@H]1O[C@H](CO[C@H]2O[C@@H](C)[C@H](OCc3ccccc3)[C@@H](OCc3ccccc3)[C@H]2OCc2ccccc2)[C@@H](O)[C@H](OCc2ccccc2)[C@H]1OCc1ccccc1. The molecule has 0 aromatic heterocycles. The van der Waals surface area contributed by atoms with Gasteiger partial charge in [0.05, 0.1) is 45.7 Å². The largest absolute Gasteiger partial charge is 0.387 e. The lowest BCUT2D eigenvalue weighted by atomic mass is 9.97. The Morgan fingerprint density at radius 1 is 0.414 bits per heavy atom. The Morgan fingerprint density at radius 2 is 0.759 bits per heavy atom. The summed E-state index contributed by atoms with van der Waals surface area (Å²) in [6, 6.07) is 49.6. The monoisotopic (exact) mass is 790 g/mol. The van der Waals surface area contributed by atoms with Gasteiger partial charge >= 0.3 is 0 Å². The van der Waals surface area contributed by atoms with Gasteiger partial charge in [0, 0.05) is 7.11 Å². The van der Waals surface area contributed by atoms with E-state index < -0.39 is 61.4 Å². The molecule has 1 N–H and O–H groups in total. The second kappa shape index (κ2) is 21.6. The third-order valence-electron chi connectivity index (χ3n) is 10.4. The molecule has 0 aliphatic carbocycles. The van der Waals surface area contributed by atoms with Gasteiger partial charge in [-0.15, -0.1) is 0 Å². The first-order chi connectivity index (χ1) is 28.6. The minimum atomic E-state index is -1.15. The number of hydrogen-bond acceptors (Lipinski definition) is 10. The highest BCUT2D eigenvalue weighted by Gasteiger charge is 2.50. The Labute approximate surface area is 341 Å². The summed E-state index contributed by atoms with van der Waals surface area (Å²) >= 11 is 0. The fraction of sp³-hybridized carbons (Fsp3) is 0.375. The molecule has 0 bridgehead atoms. The average Bonchev–Trinajstić information content (AvgIpc) is 3.27. The van der Waals surface area contributed by atoms with Crippen molar-refractivity contribution in [3.8, 4) is 0 Å². The van der Waals surface area contributed by atoms with Crippen LogP contribution in [-0.4, -0.2) is 80.2 Å². The zero-order chi connectivity index (χ0) is 39.9. The first-order valence-electron chi connectivity index (χ1n) is 20.0. The van der Waals surface area contributed by atoms with Crippen LogP contribution in [0.3, 0.4) is 0 Å². The molecule has 306 valence electrons. The van der Waals surface area contributed by atoms with Gasteiger partial charge in [0.25, 0.3) is 0 Å². The third kappa shape index (κ3) is 11.5. The van der Waals surface area contributed by atoms with Gasteiger partial charge in [-0.1, -0.05) is 152 Å². The molecule has 10 heteroatoms. The number of aliphatic hydroxyl groups is 1. The normalized spacial score (nSPS) is 27.3. The van der Waals surface area contributed by atoms with Crippen molar-refractivity contribution in [2.24, 2.45) is 0 Å². The van der Waals surface area contributed by atoms with Crippen molar-refractivity contribution >= 4 is 0 Å². The molecule has 0 spiro atoms. The summed E-state index contributed by atoms with van der Waals surface area (Å²) in [5.74, 6) is 0. The summed E-state index contributed by atoms with van der Waals surface area (Å²) in [5.41, 5.74) is 4.95. The quantitative estimate of drug-likeness (QED) is 0.0911. The van der Waals surface area contributed by atoms with Crippen LogP contribution in [-0.2, 0) is 75.7 Å². The van der Waals surface area contributed by atoms with Crippen LogP contribution in [0, 0.1) is 0 Å². The second-order valence-electron chi connectivity index (χ2n) is 14.6. The van der Waals surface area contributed by atoms with Crippen LogP contribution in [0.1, 0.15) is 34.7 Å². The Morgan fingerprint density at radius 3 is 1.16 bits per heavy atom. The van der Waals surface area contributed by atoms with E-state index >= 15 is 0 Å². The van der Waals surface area contributed by atoms with Gasteiger partial charge < -0.3 is 47.7 Å². The molecule has 5 aromatic rings. The molecule has 2 aliphatic rings. The predicted octanol–water partition coefficient (Wildman–Crippen LogP) is 7.41. The summed E-state index contributed by atoms with van der Waals surface area (Å²) in [5, 5.41) is 12.0. The van der Waals surface area contributed by atoms with E-state index in [1.807, 2.05) is 159 Å². The number of methoxy groups -OCH3 is 1. The van der Waals surface area contributed by atoms with Gasteiger partial charge in [0.2, 0.25) is 0 Å². The first kappa shape index (κ1) is 41.8. The second-order valence-corrected chi connectivity index (χ2v) is 14.6.